The number of aliphatic hydroxyl groups excluding tert-OH is 2. The Hall–Kier alpha value is -4.69. The zero-order chi connectivity index (χ0) is 31.3. The number of nitrogens with one attached hydrogen (secondary N) is 2. The van der Waals surface area contributed by atoms with Gasteiger partial charge in [-0.15, -0.1) is 0 Å². The van der Waals surface area contributed by atoms with Crippen LogP contribution in [0.3, 0.4) is 0 Å². The zero-order valence-electron chi connectivity index (χ0n) is 23.1. The predicted octanol–water partition coefficient (Wildman–Crippen LogP) is 0.360. The Morgan fingerprint density at radius 3 is 2.50 bits per heavy atom. The number of benzene rings is 1. The number of nitrogens with two attached hydrogens (primary N) is 1. The number of ether oxygens (including phenoxy) is 1. The topological polar surface area (TPSA) is 229 Å². The fourth-order valence-corrected chi connectivity index (χ4v) is 5.99. The summed E-state index contributed by atoms with van der Waals surface area (Å²) in [6.07, 6.45) is 0.525. The number of hydrogen-bond acceptors (Lipinski definition) is 11. The first-order valence-electron chi connectivity index (χ1n) is 13.0. The van der Waals surface area contributed by atoms with E-state index in [0.717, 1.165) is 0 Å². The van der Waals surface area contributed by atoms with E-state index in [4.69, 9.17) is 10.5 Å². The molecule has 0 saturated carbocycles. The molecule has 0 heterocycles. The molecule has 1 aromatic rings. The largest absolute Gasteiger partial charge is 0.510 e. The fraction of sp³-hybridized carbons (Fsp3) is 0.393. The third-order valence-corrected chi connectivity index (χ3v) is 7.91. The number of rotatable bonds is 7. The van der Waals surface area contributed by atoms with Crippen molar-refractivity contribution in [3.05, 3.63) is 58.6 Å². The van der Waals surface area contributed by atoms with Crippen molar-refractivity contribution >= 4 is 35.2 Å². The molecule has 0 spiro atoms. The summed E-state index contributed by atoms with van der Waals surface area (Å²) in [4.78, 5) is 65.1. The molecule has 14 heteroatoms. The van der Waals surface area contributed by atoms with Crippen LogP contribution in [-0.2, 0) is 25.5 Å². The van der Waals surface area contributed by atoms with Crippen molar-refractivity contribution < 1.29 is 49.1 Å². The Kier molecular flexibility index (Phi) is 7.89. The molecule has 0 aromatic heterocycles. The molecule has 1 aromatic carbocycles. The van der Waals surface area contributed by atoms with Gasteiger partial charge in [0.2, 0.25) is 11.7 Å². The summed E-state index contributed by atoms with van der Waals surface area (Å²) >= 11 is 0. The summed E-state index contributed by atoms with van der Waals surface area (Å²) in [5.74, 6) is -8.42. The number of amides is 3. The molecule has 0 bridgehead atoms. The van der Waals surface area contributed by atoms with Crippen LogP contribution in [0.15, 0.2) is 47.5 Å². The molecule has 0 aliphatic heterocycles. The molecule has 3 aliphatic carbocycles. The summed E-state index contributed by atoms with van der Waals surface area (Å²) < 4.78 is 4.77. The molecular formula is C28H32N4O10. The van der Waals surface area contributed by atoms with E-state index in [1.165, 1.54) is 30.0 Å². The number of carbonyl (C=O) groups excluding carboxylic acids is 5. The third-order valence-electron chi connectivity index (χ3n) is 7.91. The molecule has 42 heavy (non-hydrogen) atoms. The number of aliphatic hydroxyl groups is 3. The number of nitrogens with zero attached hydrogens (tertiary/aromatic N) is 1. The van der Waals surface area contributed by atoms with Crippen LogP contribution in [0.4, 0.5) is 10.5 Å². The Morgan fingerprint density at radius 1 is 1.24 bits per heavy atom. The van der Waals surface area contributed by atoms with E-state index >= 15 is 0 Å². The lowest BCUT2D eigenvalue weighted by atomic mass is 9.58. The monoisotopic (exact) mass is 584 g/mol. The number of phenolic OH excluding ortho intramolecular Hbond substituents is 1. The predicted molar refractivity (Wildman–Crippen MR) is 146 cm³/mol. The molecule has 224 valence electrons. The molecule has 5 unspecified atom stereocenters. The average Bonchev–Trinajstić information content (AvgIpc) is 2.90. The van der Waals surface area contributed by atoms with E-state index in [-0.39, 0.29) is 36.3 Å². The van der Waals surface area contributed by atoms with Crippen molar-refractivity contribution in [2.45, 2.75) is 37.5 Å². The standard InChI is InChI=1S/C28H32N4O10/c1-5-8-42-27(40)30-11(2)26(39)31-15-7-6-12-9-13-10-14-19(32(3)4)22(35)18(25(29)38)24(37)28(14,41)23(36)17(13)21(34)16(12)20(15)33/h5-7,11,13-14,19,33,35-36,41H,1,8-10H2,2-4H3,(H2,29,38)(H,30,40)(H,31,39). The highest BCUT2D eigenvalue weighted by molar-refractivity contribution is 6.25. The van der Waals surface area contributed by atoms with E-state index in [0.29, 0.717) is 5.56 Å². The minimum absolute atomic E-state index is 0.0455. The van der Waals surface area contributed by atoms with Gasteiger partial charge in [0.15, 0.2) is 17.1 Å². The minimum atomic E-state index is -2.76. The van der Waals surface area contributed by atoms with E-state index in [1.54, 1.807) is 14.1 Å². The van der Waals surface area contributed by atoms with E-state index < -0.39 is 81.8 Å². The van der Waals surface area contributed by atoms with Gasteiger partial charge in [-0.2, -0.15) is 0 Å². The van der Waals surface area contributed by atoms with Crippen LogP contribution >= 0.6 is 0 Å². The number of aromatic hydroxyl groups is 1. The minimum Gasteiger partial charge on any atom is -0.510 e. The zero-order valence-corrected chi connectivity index (χ0v) is 23.1. The molecule has 0 radical (unpaired) electrons. The molecule has 3 amide bonds. The summed E-state index contributed by atoms with van der Waals surface area (Å²) in [6.45, 7) is 4.71. The van der Waals surface area contributed by atoms with Crippen LogP contribution in [0.5, 0.6) is 5.75 Å². The molecule has 0 fully saturated rings. The lowest BCUT2D eigenvalue weighted by Crippen LogP contribution is -2.63. The van der Waals surface area contributed by atoms with E-state index in [2.05, 4.69) is 17.2 Å². The van der Waals surface area contributed by atoms with Gasteiger partial charge in [0.05, 0.1) is 17.3 Å². The van der Waals surface area contributed by atoms with Gasteiger partial charge in [0.1, 0.15) is 29.7 Å². The lowest BCUT2D eigenvalue weighted by Gasteiger charge is -2.50. The maximum Gasteiger partial charge on any atom is 0.408 e. The molecule has 4 rings (SSSR count). The van der Waals surface area contributed by atoms with Crippen molar-refractivity contribution in [1.82, 2.24) is 10.2 Å². The fourth-order valence-electron chi connectivity index (χ4n) is 5.99. The third kappa shape index (κ3) is 4.67. The van der Waals surface area contributed by atoms with Crippen LogP contribution in [0, 0.1) is 11.8 Å². The number of phenols is 1. The van der Waals surface area contributed by atoms with Gasteiger partial charge in [-0.3, -0.25) is 24.1 Å². The molecular weight excluding hydrogens is 552 g/mol. The second kappa shape index (κ2) is 10.9. The molecule has 14 nitrogen and oxygen atoms in total. The molecule has 0 saturated heterocycles. The smallest absolute Gasteiger partial charge is 0.408 e. The van der Waals surface area contributed by atoms with Gasteiger partial charge < -0.3 is 41.5 Å². The lowest BCUT2D eigenvalue weighted by molar-refractivity contribution is -0.148. The number of hydrogen-bond donors (Lipinski definition) is 7. The number of allylic oxidation sites excluding steroid dienone is 1. The highest BCUT2D eigenvalue weighted by Gasteiger charge is 2.63. The number of carbonyl (C=O) groups is 5. The van der Waals surface area contributed by atoms with Gasteiger partial charge in [0.25, 0.3) is 5.91 Å². The van der Waals surface area contributed by atoms with Crippen LogP contribution in [0.1, 0.15) is 29.3 Å². The Labute approximate surface area is 240 Å². The summed E-state index contributed by atoms with van der Waals surface area (Å²) in [6, 6.07) is 0.688. The van der Waals surface area contributed by atoms with Gasteiger partial charge in [-0.1, -0.05) is 18.7 Å². The van der Waals surface area contributed by atoms with Crippen LogP contribution in [0.25, 0.3) is 0 Å². The second-order valence-electron chi connectivity index (χ2n) is 10.7. The Bertz CT molecular complexity index is 1480. The summed E-state index contributed by atoms with van der Waals surface area (Å²) in [7, 11) is 3.09. The first-order chi connectivity index (χ1) is 19.7. The summed E-state index contributed by atoms with van der Waals surface area (Å²) in [5.41, 5.74) is 1.30. The first-order valence-corrected chi connectivity index (χ1v) is 13.0. The van der Waals surface area contributed by atoms with Gasteiger partial charge in [-0.25, -0.2) is 4.79 Å². The molecule has 8 N–H and O–H groups in total. The highest BCUT2D eigenvalue weighted by atomic mass is 16.5. The van der Waals surface area contributed by atoms with Crippen LogP contribution < -0.4 is 16.4 Å². The average molecular weight is 585 g/mol. The van der Waals surface area contributed by atoms with Crippen molar-refractivity contribution in [3.63, 3.8) is 0 Å². The molecule has 3 aliphatic rings. The number of Topliss-reactive ketones (excluding diaryl/α,β-unsaturated/α-hetero) is 2. The maximum absolute atomic E-state index is 13.8. The van der Waals surface area contributed by atoms with Crippen LogP contribution in [0.2, 0.25) is 0 Å². The van der Waals surface area contributed by atoms with Gasteiger partial charge in [-0.05, 0) is 51.4 Å². The Morgan fingerprint density at radius 2 is 1.90 bits per heavy atom. The van der Waals surface area contributed by atoms with Gasteiger partial charge >= 0.3 is 6.09 Å². The normalized spacial score (nSPS) is 25.7. The number of likely N-dealkylation sites (N-methyl/N-ethyl adjacent to an activating group) is 1. The van der Waals surface area contributed by atoms with Crippen molar-refractivity contribution in [1.29, 1.82) is 0 Å². The number of ketones is 2. The first kappa shape index (κ1) is 30.3. The van der Waals surface area contributed by atoms with Gasteiger partial charge in [0, 0.05) is 11.5 Å². The molecule has 5 atom stereocenters. The number of primary amides is 1. The maximum atomic E-state index is 13.8. The number of anilines is 1. The highest BCUT2D eigenvalue weighted by Crippen LogP contribution is 2.52. The van der Waals surface area contributed by atoms with E-state index in [9.17, 15) is 44.4 Å². The quantitative estimate of drug-likeness (QED) is 0.131. The van der Waals surface area contributed by atoms with E-state index in [1.807, 2.05) is 0 Å². The van der Waals surface area contributed by atoms with Crippen molar-refractivity contribution in [2.24, 2.45) is 17.6 Å². The SMILES string of the molecule is C=CCOC(=O)NC(C)C(=O)Nc1ccc2c(c1O)C(=O)C1=C(O)C3(O)C(=O)C(C(N)=O)=C(O)C(N(C)C)C3CC1C2. The Balaban J connectivity index is 1.72. The number of alkyl carbamates (subject to hydrolysis) is 1. The van der Waals surface area contributed by atoms with Crippen LogP contribution in [-0.4, -0.2) is 93.2 Å². The summed E-state index contributed by atoms with van der Waals surface area (Å²) in [5, 5.41) is 49.5. The van der Waals surface area contributed by atoms with Crippen molar-refractivity contribution in [3.8, 4) is 5.75 Å². The number of fused-ring (bicyclic) bond motifs is 3. The second-order valence-corrected chi connectivity index (χ2v) is 10.7. The van der Waals surface area contributed by atoms with Crippen molar-refractivity contribution in [2.75, 3.05) is 26.0 Å².